The number of aromatic carboxylic acids is 1. The highest BCUT2D eigenvalue weighted by molar-refractivity contribution is 5.86. The second-order valence-corrected chi connectivity index (χ2v) is 2.66. The van der Waals surface area contributed by atoms with E-state index in [-0.39, 0.29) is 18.0 Å². The Morgan fingerprint density at radius 3 is 1.92 bits per heavy atom. The summed E-state index contributed by atoms with van der Waals surface area (Å²) >= 11 is 0. The minimum atomic E-state index is -1.11. The number of carbonyl (C=O) groups is 1. The standard InChI is InChI=1S/C9H10O2.ClH/c1-6-3-7(2)5-8(4-6)9(10)11;/h3-5H,1-2H3,(H,10,11);1H/p-1. The maximum Gasteiger partial charge on any atom is 0.0715 e. The van der Waals surface area contributed by atoms with Crippen molar-refractivity contribution in [2.24, 2.45) is 0 Å². The maximum atomic E-state index is 10.4. The Balaban J connectivity index is 0.00000121. The third-order valence-corrected chi connectivity index (χ3v) is 1.46. The van der Waals surface area contributed by atoms with Crippen LogP contribution in [-0.2, 0) is 0 Å². The van der Waals surface area contributed by atoms with Gasteiger partial charge in [-0.25, -0.2) is 0 Å². The number of halogens is 1. The van der Waals surface area contributed by atoms with Gasteiger partial charge in [0.25, 0.3) is 0 Å². The molecule has 0 aliphatic rings. The number of carbonyl (C=O) groups excluding carboxylic acids is 1. The van der Waals surface area contributed by atoms with E-state index in [0.717, 1.165) is 11.1 Å². The zero-order valence-corrected chi connectivity index (χ0v) is 7.77. The Morgan fingerprint density at radius 2 is 1.58 bits per heavy atom. The van der Waals surface area contributed by atoms with Crippen LogP contribution in [0.25, 0.3) is 0 Å². The fraction of sp³-hybridized carbons (Fsp3) is 0.222. The quantitative estimate of drug-likeness (QED) is 0.657. The molecule has 0 atom stereocenters. The van der Waals surface area contributed by atoms with Crippen LogP contribution in [0.4, 0.5) is 0 Å². The highest BCUT2D eigenvalue weighted by atomic mass is 35.5. The molecule has 3 heteroatoms. The first-order valence-corrected chi connectivity index (χ1v) is 3.39. The Kier molecular flexibility index (Phi) is 3.77. The topological polar surface area (TPSA) is 40.1 Å². The van der Waals surface area contributed by atoms with E-state index >= 15 is 0 Å². The number of carboxylic acids is 1. The van der Waals surface area contributed by atoms with Crippen molar-refractivity contribution in [1.29, 1.82) is 0 Å². The molecule has 0 N–H and O–H groups in total. The summed E-state index contributed by atoms with van der Waals surface area (Å²) < 4.78 is 0. The minimum absolute atomic E-state index is 0. The first-order chi connectivity index (χ1) is 5.09. The molecule has 12 heavy (non-hydrogen) atoms. The molecule has 0 spiro atoms. The van der Waals surface area contributed by atoms with Crippen molar-refractivity contribution in [3.8, 4) is 0 Å². The lowest BCUT2D eigenvalue weighted by Crippen LogP contribution is -2.22. The van der Waals surface area contributed by atoms with Gasteiger partial charge in [-0.15, -0.1) is 12.4 Å². The molecule has 0 amide bonds. The molecule has 0 aliphatic heterocycles. The molecule has 0 saturated carbocycles. The van der Waals surface area contributed by atoms with Crippen molar-refractivity contribution < 1.29 is 9.90 Å². The van der Waals surface area contributed by atoms with E-state index in [0.29, 0.717) is 0 Å². The summed E-state index contributed by atoms with van der Waals surface area (Å²) in [4.78, 5) is 10.4. The van der Waals surface area contributed by atoms with Gasteiger partial charge in [-0.3, -0.25) is 0 Å². The molecular formula is C9H10ClO2-. The number of carboxylic acid groups (broad SMARTS) is 1. The van der Waals surface area contributed by atoms with Crippen LogP contribution in [0.2, 0.25) is 0 Å². The van der Waals surface area contributed by atoms with Crippen molar-refractivity contribution in [1.82, 2.24) is 0 Å². The van der Waals surface area contributed by atoms with Crippen LogP contribution in [0, 0.1) is 13.8 Å². The van der Waals surface area contributed by atoms with Gasteiger partial charge in [0.1, 0.15) is 0 Å². The zero-order valence-electron chi connectivity index (χ0n) is 6.96. The Hall–Kier alpha value is -1.02. The predicted molar refractivity (Wildman–Crippen MR) is 47.5 cm³/mol. The number of benzene rings is 1. The zero-order chi connectivity index (χ0) is 8.43. The molecular weight excluding hydrogens is 176 g/mol. The summed E-state index contributed by atoms with van der Waals surface area (Å²) in [7, 11) is 0. The van der Waals surface area contributed by atoms with E-state index in [1.807, 2.05) is 19.9 Å². The Bertz CT molecular complexity index is 274. The van der Waals surface area contributed by atoms with E-state index in [4.69, 9.17) is 0 Å². The summed E-state index contributed by atoms with van der Waals surface area (Å²) in [6.45, 7) is 3.72. The third kappa shape index (κ3) is 2.55. The van der Waals surface area contributed by atoms with Gasteiger partial charge in [0.05, 0.1) is 5.97 Å². The third-order valence-electron chi connectivity index (χ3n) is 1.46. The second kappa shape index (κ2) is 4.12. The maximum absolute atomic E-state index is 10.4. The van der Waals surface area contributed by atoms with Crippen molar-refractivity contribution in [2.75, 3.05) is 0 Å². The van der Waals surface area contributed by atoms with Crippen LogP contribution in [0.5, 0.6) is 0 Å². The van der Waals surface area contributed by atoms with Crippen LogP contribution in [0.1, 0.15) is 21.5 Å². The number of rotatable bonds is 1. The molecule has 0 aliphatic carbocycles. The van der Waals surface area contributed by atoms with Crippen LogP contribution in [0.15, 0.2) is 18.2 Å². The monoisotopic (exact) mass is 185 g/mol. The van der Waals surface area contributed by atoms with E-state index < -0.39 is 5.97 Å². The lowest BCUT2D eigenvalue weighted by Gasteiger charge is -2.04. The van der Waals surface area contributed by atoms with Gasteiger partial charge in [0.15, 0.2) is 0 Å². The Labute approximate surface area is 77.6 Å². The summed E-state index contributed by atoms with van der Waals surface area (Å²) in [5.74, 6) is -1.11. The van der Waals surface area contributed by atoms with E-state index in [2.05, 4.69) is 0 Å². The molecule has 0 unspecified atom stereocenters. The molecule has 0 radical (unpaired) electrons. The number of hydrogen-bond donors (Lipinski definition) is 0. The molecule has 0 aromatic heterocycles. The Morgan fingerprint density at radius 1 is 1.17 bits per heavy atom. The molecule has 2 nitrogen and oxygen atoms in total. The average molecular weight is 186 g/mol. The van der Waals surface area contributed by atoms with Gasteiger partial charge in [0, 0.05) is 0 Å². The lowest BCUT2D eigenvalue weighted by molar-refractivity contribution is -0.255. The molecule has 0 fully saturated rings. The summed E-state index contributed by atoms with van der Waals surface area (Å²) in [5.41, 5.74) is 2.15. The second-order valence-electron chi connectivity index (χ2n) is 2.66. The SMILES string of the molecule is Cc1cc(C)cc(C(=O)[O-])c1.Cl. The molecule has 66 valence electrons. The van der Waals surface area contributed by atoms with Gasteiger partial charge < -0.3 is 9.90 Å². The van der Waals surface area contributed by atoms with Crippen LogP contribution >= 0.6 is 12.4 Å². The summed E-state index contributed by atoms with van der Waals surface area (Å²) in [6.07, 6.45) is 0. The van der Waals surface area contributed by atoms with Gasteiger partial charge in [0.2, 0.25) is 0 Å². The van der Waals surface area contributed by atoms with Gasteiger partial charge in [-0.05, 0) is 19.4 Å². The first-order valence-electron chi connectivity index (χ1n) is 3.39. The van der Waals surface area contributed by atoms with E-state index in [1.54, 1.807) is 12.1 Å². The van der Waals surface area contributed by atoms with E-state index in [1.165, 1.54) is 0 Å². The molecule has 0 saturated heterocycles. The van der Waals surface area contributed by atoms with Crippen LogP contribution in [0.3, 0.4) is 0 Å². The fourth-order valence-corrected chi connectivity index (χ4v) is 1.09. The van der Waals surface area contributed by atoms with Gasteiger partial charge in [-0.1, -0.05) is 29.3 Å². The highest BCUT2D eigenvalue weighted by Crippen LogP contribution is 2.07. The van der Waals surface area contributed by atoms with Crippen molar-refractivity contribution in [3.05, 3.63) is 34.9 Å². The van der Waals surface area contributed by atoms with E-state index in [9.17, 15) is 9.90 Å². The smallest absolute Gasteiger partial charge is 0.0715 e. The number of hydrogen-bond acceptors (Lipinski definition) is 2. The molecule has 0 heterocycles. The molecule has 0 bridgehead atoms. The largest absolute Gasteiger partial charge is 0.545 e. The minimum Gasteiger partial charge on any atom is -0.545 e. The average Bonchev–Trinajstić information content (AvgIpc) is 1.85. The summed E-state index contributed by atoms with van der Waals surface area (Å²) in [5, 5.41) is 10.4. The first kappa shape index (κ1) is 11.0. The van der Waals surface area contributed by atoms with Crippen molar-refractivity contribution >= 4 is 18.4 Å². The summed E-state index contributed by atoms with van der Waals surface area (Å²) in [6, 6.07) is 5.12. The predicted octanol–water partition coefficient (Wildman–Crippen LogP) is 1.09. The highest BCUT2D eigenvalue weighted by Gasteiger charge is 1.94. The van der Waals surface area contributed by atoms with Crippen LogP contribution in [-0.4, -0.2) is 5.97 Å². The molecule has 1 rings (SSSR count). The van der Waals surface area contributed by atoms with Crippen molar-refractivity contribution in [3.63, 3.8) is 0 Å². The van der Waals surface area contributed by atoms with Gasteiger partial charge >= 0.3 is 0 Å². The molecule has 1 aromatic carbocycles. The fourth-order valence-electron chi connectivity index (χ4n) is 1.09. The molecule has 1 aromatic rings. The van der Waals surface area contributed by atoms with Crippen LogP contribution < -0.4 is 5.11 Å². The van der Waals surface area contributed by atoms with Crippen molar-refractivity contribution in [2.45, 2.75) is 13.8 Å². The van der Waals surface area contributed by atoms with Gasteiger partial charge in [-0.2, -0.15) is 0 Å². The normalized spacial score (nSPS) is 8.83. The lowest BCUT2D eigenvalue weighted by atomic mass is 10.1. The number of aryl methyl sites for hydroxylation is 2.